The molecule has 13 N–H and O–H groups in total. The highest BCUT2D eigenvalue weighted by Gasteiger charge is 2.53. The zero-order valence-corrected chi connectivity index (χ0v) is 51.6. The second kappa shape index (κ2) is 33.2. The molecule has 0 aromatic carbocycles. The molecule has 0 bridgehead atoms. The summed E-state index contributed by atoms with van der Waals surface area (Å²) in [6, 6.07) is -4.63. The molecule has 4 aliphatic rings. The molecule has 30 heteroatoms. The summed E-state index contributed by atoms with van der Waals surface area (Å²) in [6.45, 7) is 5.76. The normalized spacial score (nSPS) is 22.4. The van der Waals surface area contributed by atoms with Gasteiger partial charge in [0, 0.05) is 76.4 Å². The van der Waals surface area contributed by atoms with Crippen LogP contribution in [0.4, 0.5) is 8.63 Å². The number of allylic oxidation sites excluding steroid dienone is 2. The number of hydrogen-bond donors (Lipinski definition) is 11. The highest BCUT2D eigenvalue weighted by atomic mass is 19.2. The van der Waals surface area contributed by atoms with Crippen molar-refractivity contribution in [2.24, 2.45) is 28.3 Å². The number of aromatic nitrogens is 1. The number of aryl methyl sites for hydroxylation is 1. The maximum atomic E-state index is 15.8. The number of carboxylic acid groups (broad SMARTS) is 1. The van der Waals surface area contributed by atoms with Gasteiger partial charge in [0.1, 0.15) is 42.0 Å². The molecule has 0 radical (unpaired) electrons. The molecule has 1 aromatic heterocycles. The van der Waals surface area contributed by atoms with E-state index in [0.717, 1.165) is 14.5 Å². The maximum absolute atomic E-state index is 15.8. The largest absolute Gasteiger partial charge is 0.737 e. The Kier molecular flexibility index (Phi) is 26.6. The number of halogens is 2. The van der Waals surface area contributed by atoms with E-state index in [4.69, 9.17) is 11.5 Å². The number of carboxylic acids is 1. The number of hydrogen-bond acceptors (Lipinski definition) is 12. The molecule has 10 amide bonds. The lowest BCUT2D eigenvalue weighted by molar-refractivity contribution is -0.362. The van der Waals surface area contributed by atoms with Crippen LogP contribution in [0.2, 0.25) is 0 Å². The number of guanidine groups is 1. The zero-order valence-electron chi connectivity index (χ0n) is 51.6. The molecule has 0 unspecified atom stereocenters. The summed E-state index contributed by atoms with van der Waals surface area (Å²) in [6.07, 6.45) is 6.11. The van der Waals surface area contributed by atoms with Gasteiger partial charge in [0.05, 0.1) is 19.5 Å². The van der Waals surface area contributed by atoms with Gasteiger partial charge in [0.15, 0.2) is 11.7 Å². The summed E-state index contributed by atoms with van der Waals surface area (Å²) >= 11 is 0. The van der Waals surface area contributed by atoms with Crippen molar-refractivity contribution < 1.29 is 71.0 Å². The molecule has 5 rings (SSSR count). The maximum Gasteiger partial charge on any atom is 0.737 e. The van der Waals surface area contributed by atoms with E-state index in [9.17, 15) is 57.8 Å². The monoisotopic (exact) mass is 1240 g/mol. The van der Waals surface area contributed by atoms with Crippen molar-refractivity contribution in [2.75, 3.05) is 46.3 Å². The third kappa shape index (κ3) is 20.4. The lowest BCUT2D eigenvalue weighted by Crippen LogP contribution is -2.59. The van der Waals surface area contributed by atoms with Gasteiger partial charge in [0.2, 0.25) is 59.1 Å². The van der Waals surface area contributed by atoms with Crippen LogP contribution in [0.1, 0.15) is 149 Å². The second-order valence-electron chi connectivity index (χ2n) is 23.8. The van der Waals surface area contributed by atoms with Crippen molar-refractivity contribution in [3.05, 3.63) is 40.9 Å². The molecule has 2 fully saturated rings. The Hall–Kier alpha value is -8.21. The second-order valence-corrected chi connectivity index (χ2v) is 23.8. The van der Waals surface area contributed by atoms with Crippen molar-refractivity contribution in [1.82, 2.24) is 56.8 Å². The van der Waals surface area contributed by atoms with Crippen molar-refractivity contribution in [3.8, 4) is 0 Å². The van der Waals surface area contributed by atoms with E-state index in [1.165, 1.54) is 16.8 Å². The fourth-order valence-corrected chi connectivity index (χ4v) is 11.4. The van der Waals surface area contributed by atoms with Gasteiger partial charge in [0.25, 0.3) is 0 Å². The van der Waals surface area contributed by atoms with E-state index in [0.29, 0.717) is 67.9 Å². The van der Waals surface area contributed by atoms with Crippen LogP contribution in [0.15, 0.2) is 34.5 Å². The van der Waals surface area contributed by atoms with Gasteiger partial charge in [-0.3, -0.25) is 57.7 Å². The van der Waals surface area contributed by atoms with Crippen LogP contribution in [0.3, 0.4) is 0 Å². The average Bonchev–Trinajstić information content (AvgIpc) is 1.56. The van der Waals surface area contributed by atoms with Gasteiger partial charge < -0.3 is 86.5 Å². The van der Waals surface area contributed by atoms with Crippen molar-refractivity contribution in [2.45, 2.75) is 181 Å². The Balaban J connectivity index is 1.22. The Morgan fingerprint density at radius 3 is 1.98 bits per heavy atom. The van der Waals surface area contributed by atoms with Crippen LogP contribution >= 0.6 is 0 Å². The number of aliphatic imine (C=N–C) groups is 1. The molecule has 486 valence electrons. The number of nitrogens with zero attached hydrogens (tertiary/aromatic N) is 5. The number of likely N-dealkylation sites (N-methyl/N-ethyl adjacent to an activating group) is 1. The predicted octanol–water partition coefficient (Wildman–Crippen LogP) is 0.0180. The first-order valence-electron chi connectivity index (χ1n) is 30.5. The molecule has 0 saturated carbocycles. The van der Waals surface area contributed by atoms with Gasteiger partial charge in [-0.15, -0.1) is 0 Å². The third-order valence-corrected chi connectivity index (χ3v) is 15.7. The SMILES string of the molecule is CC1=CC(C)=[N+]2C1=Cc1ccc(CCC(=O)NCCCCCC(=O)NCCCC[C@H]3C(=O)NCC(=O)N[C@@H](CC(C)C)C(=O)N[C@@H](CCCN=C(N)N)C(=O)NCC(=O)N[C@@H](CC(=O)O)C(=O)N[C@@H](CC(C)C)C(=O)N4CCC[C@@H]4C(=O)N3C)n1[B-]2(F)F. The molecule has 6 atom stereocenters. The zero-order chi connectivity index (χ0) is 65.0. The van der Waals surface area contributed by atoms with Crippen molar-refractivity contribution in [1.29, 1.82) is 0 Å². The lowest BCUT2D eigenvalue weighted by atomic mass is 9.89. The first-order valence-corrected chi connectivity index (χ1v) is 30.5. The number of carbonyl (C=O) groups is 11. The summed E-state index contributed by atoms with van der Waals surface area (Å²) in [5.74, 6) is -9.02. The Morgan fingerprint density at radius 1 is 0.727 bits per heavy atom. The van der Waals surface area contributed by atoms with Crippen LogP contribution in [-0.2, 0) is 59.2 Å². The van der Waals surface area contributed by atoms with Crippen LogP contribution < -0.4 is 54.0 Å². The molecule has 27 nitrogen and oxygen atoms in total. The Labute approximate surface area is 511 Å². The number of nitrogens with two attached hydrogens (primary N) is 2. The van der Waals surface area contributed by atoms with E-state index in [1.54, 1.807) is 65.8 Å². The van der Waals surface area contributed by atoms with Crippen molar-refractivity contribution >= 4 is 89.8 Å². The quantitative estimate of drug-likeness (QED) is 0.0282. The minimum atomic E-state index is -4.13. The number of unbranched alkanes of at least 4 members (excludes halogenated alkanes) is 3. The minimum Gasteiger partial charge on any atom is -0.481 e. The van der Waals surface area contributed by atoms with E-state index >= 15 is 8.63 Å². The molecule has 0 spiro atoms. The molecular formula is C58H90BF2N15O12. The van der Waals surface area contributed by atoms with Gasteiger partial charge in [-0.1, -0.05) is 34.1 Å². The first-order chi connectivity index (χ1) is 41.6. The van der Waals surface area contributed by atoms with E-state index in [-0.39, 0.29) is 107 Å². The van der Waals surface area contributed by atoms with Crippen molar-refractivity contribution in [3.63, 3.8) is 0 Å². The smallest absolute Gasteiger partial charge is 0.481 e. The highest BCUT2D eigenvalue weighted by Crippen LogP contribution is 2.35. The Bertz CT molecular complexity index is 2890. The van der Waals surface area contributed by atoms with Gasteiger partial charge in [-0.2, -0.15) is 0 Å². The fourth-order valence-electron chi connectivity index (χ4n) is 11.4. The molecule has 4 aliphatic heterocycles. The highest BCUT2D eigenvalue weighted by molar-refractivity contribution is 6.58. The van der Waals surface area contributed by atoms with Gasteiger partial charge in [-0.25, -0.2) is 0 Å². The van der Waals surface area contributed by atoms with Crippen LogP contribution in [0.25, 0.3) is 6.08 Å². The minimum absolute atomic E-state index is 0.0202. The summed E-state index contributed by atoms with van der Waals surface area (Å²) in [5, 5.41) is 30.6. The number of nitrogens with one attached hydrogen (secondary N) is 8. The Morgan fingerprint density at radius 2 is 1.33 bits per heavy atom. The molecule has 88 heavy (non-hydrogen) atoms. The molecule has 0 aliphatic carbocycles. The summed E-state index contributed by atoms with van der Waals surface area (Å²) in [4.78, 5) is 156. The summed E-state index contributed by atoms with van der Waals surface area (Å²) in [7, 11) is 1.39. The number of fused-ring (bicyclic) bond motifs is 3. The third-order valence-electron chi connectivity index (χ3n) is 15.7. The van der Waals surface area contributed by atoms with Gasteiger partial charge in [-0.05, 0) is 114 Å². The topological polar surface area (TPSA) is 383 Å². The van der Waals surface area contributed by atoms with Gasteiger partial charge >= 0.3 is 12.9 Å². The van der Waals surface area contributed by atoms with E-state index < -0.39 is 116 Å². The molecule has 1 aromatic rings. The number of carbonyl (C=O) groups excluding carboxylic acids is 10. The fraction of sp³-hybridized carbons (Fsp3) is 0.638. The molecule has 2 saturated heterocycles. The average molecular weight is 1240 g/mol. The first kappa shape index (κ1) is 70.6. The standard InChI is InChI=1S/C58H90BF2N15O12/c1-34(2)27-41-53(84)71-40(15-13-25-66-58(62)63)52(83)67-32-49(79)70-42(31-51(81)82)54(85)72-43(28-35(3)4)56(87)74-26-14-17-45(74)57(88)73(7)44(55(86)68-33-50(80)69-41)16-10-12-24-64-47(77)18-9-8-11-23-65-48(78)22-21-38-19-20-39-30-46-36(5)29-37(6)75(46)59(60,61)76(38)39/h19-20,29-30,34-35,40-45H,8-18,21-28,31-33H2,1-7H3,(H,64,77)(H,65,78)(H,67,83)(H,68,86)(H,69,80)(H,70,79)(H,71,84)(H,72,85)(H,81,82)(H4,62,63,66)/t40-,41-,42-,43-,44-,45+/m0/s1. The molecular weight excluding hydrogens is 1150 g/mol. The summed E-state index contributed by atoms with van der Waals surface area (Å²) < 4.78 is 33.7. The number of amides is 10. The predicted molar refractivity (Wildman–Crippen MR) is 323 cm³/mol. The summed E-state index contributed by atoms with van der Waals surface area (Å²) in [5.41, 5.74) is 13.4. The van der Waals surface area contributed by atoms with Crippen LogP contribution in [0, 0.1) is 11.8 Å². The van der Waals surface area contributed by atoms with E-state index in [2.05, 4.69) is 47.5 Å². The van der Waals surface area contributed by atoms with Crippen LogP contribution in [-0.4, -0.2) is 190 Å². The lowest BCUT2D eigenvalue weighted by Gasteiger charge is -2.34. The van der Waals surface area contributed by atoms with Crippen LogP contribution in [0.5, 0.6) is 0 Å². The molecule has 5 heterocycles. The van der Waals surface area contributed by atoms with E-state index in [1.807, 2.05) is 0 Å². The number of rotatable bonds is 24. The number of aliphatic carboxylic acids is 1.